The fraction of sp³-hybridized carbons (Fsp3) is 0.889. The van der Waals surface area contributed by atoms with Crippen LogP contribution in [0.25, 0.3) is 0 Å². The summed E-state index contributed by atoms with van der Waals surface area (Å²) < 4.78 is 5.61. The van der Waals surface area contributed by atoms with Gasteiger partial charge in [-0.15, -0.1) is 0 Å². The zero-order valence-electron chi connectivity index (χ0n) is 7.53. The van der Waals surface area contributed by atoms with E-state index in [0.29, 0.717) is 19.4 Å². The molecular weight excluding hydrogens is 170 g/mol. The van der Waals surface area contributed by atoms with E-state index in [9.17, 15) is 4.79 Å². The second kappa shape index (κ2) is 2.96. The Labute approximate surface area is 77.1 Å². The van der Waals surface area contributed by atoms with Gasteiger partial charge in [-0.2, -0.15) is 0 Å². The maximum absolute atomic E-state index is 10.6. The van der Waals surface area contributed by atoms with Gasteiger partial charge in [0.2, 0.25) is 0 Å². The molecule has 0 amide bonds. The Hall–Kier alpha value is -0.610. The predicted octanol–water partition coefficient (Wildman–Crippen LogP) is 0.357. The van der Waals surface area contributed by atoms with Crippen molar-refractivity contribution in [1.82, 2.24) is 0 Å². The van der Waals surface area contributed by atoms with Crippen LogP contribution in [0.2, 0.25) is 0 Å². The highest BCUT2D eigenvalue weighted by Gasteiger charge is 2.50. The van der Waals surface area contributed by atoms with Gasteiger partial charge in [0, 0.05) is 12.6 Å². The van der Waals surface area contributed by atoms with Gasteiger partial charge < -0.3 is 15.6 Å². The fourth-order valence-electron chi connectivity index (χ4n) is 2.36. The Morgan fingerprint density at radius 1 is 1.46 bits per heavy atom. The first-order valence-corrected chi connectivity index (χ1v) is 4.74. The molecule has 0 aromatic rings. The maximum atomic E-state index is 10.6. The van der Waals surface area contributed by atoms with Crippen LogP contribution in [0.4, 0.5) is 0 Å². The highest BCUT2D eigenvalue weighted by atomic mass is 16.5. The molecule has 1 spiro atoms. The van der Waals surface area contributed by atoms with Crippen LogP contribution in [0.3, 0.4) is 0 Å². The Kier molecular flexibility index (Phi) is 2.04. The lowest BCUT2D eigenvalue weighted by molar-refractivity contribution is -0.180. The average Bonchev–Trinajstić information content (AvgIpc) is 1.99. The molecular formula is C9H15NO3. The zero-order valence-corrected chi connectivity index (χ0v) is 7.53. The molecule has 2 rings (SSSR count). The third-order valence-electron chi connectivity index (χ3n) is 3.12. The molecule has 1 atom stereocenters. The van der Waals surface area contributed by atoms with Crippen molar-refractivity contribution in [2.24, 2.45) is 11.7 Å². The lowest BCUT2D eigenvalue weighted by atomic mass is 9.67. The van der Waals surface area contributed by atoms with E-state index in [1.54, 1.807) is 0 Å². The van der Waals surface area contributed by atoms with Crippen molar-refractivity contribution in [3.05, 3.63) is 0 Å². The summed E-state index contributed by atoms with van der Waals surface area (Å²) >= 11 is 0. The molecule has 1 saturated heterocycles. The van der Waals surface area contributed by atoms with Gasteiger partial charge in [-0.3, -0.25) is 4.79 Å². The first-order valence-electron chi connectivity index (χ1n) is 4.74. The molecule has 1 unspecified atom stereocenters. The van der Waals surface area contributed by atoms with Gasteiger partial charge in [-0.05, 0) is 25.7 Å². The highest BCUT2D eigenvalue weighted by Crippen LogP contribution is 2.46. The molecule has 13 heavy (non-hydrogen) atoms. The van der Waals surface area contributed by atoms with Gasteiger partial charge in [0.15, 0.2) is 0 Å². The molecule has 2 aliphatic rings. The van der Waals surface area contributed by atoms with E-state index >= 15 is 0 Å². The van der Waals surface area contributed by atoms with Crippen LogP contribution in [-0.4, -0.2) is 29.3 Å². The number of rotatable bonds is 1. The minimum Gasteiger partial charge on any atom is -0.481 e. The monoisotopic (exact) mass is 185 g/mol. The summed E-state index contributed by atoms with van der Waals surface area (Å²) in [5.41, 5.74) is 5.63. The Morgan fingerprint density at radius 3 is 2.69 bits per heavy atom. The van der Waals surface area contributed by atoms with Crippen LogP contribution in [0.15, 0.2) is 0 Å². The summed E-state index contributed by atoms with van der Waals surface area (Å²) in [5.74, 6) is -0.904. The van der Waals surface area contributed by atoms with E-state index in [1.165, 1.54) is 0 Å². The molecule has 1 saturated carbocycles. The third kappa shape index (κ3) is 1.56. The Bertz CT molecular complexity index is 223. The SMILES string of the molecule is NC1CCOC2(C1)CC(C(=O)O)C2. The molecule has 1 aliphatic carbocycles. The quantitative estimate of drug-likeness (QED) is 0.618. The third-order valence-corrected chi connectivity index (χ3v) is 3.12. The summed E-state index contributed by atoms with van der Waals surface area (Å²) in [6.45, 7) is 0.688. The van der Waals surface area contributed by atoms with Crippen LogP contribution >= 0.6 is 0 Å². The lowest BCUT2D eigenvalue weighted by Crippen LogP contribution is -2.55. The fourth-order valence-corrected chi connectivity index (χ4v) is 2.36. The topological polar surface area (TPSA) is 72.5 Å². The number of ether oxygens (including phenoxy) is 1. The van der Waals surface area contributed by atoms with Crippen molar-refractivity contribution in [2.75, 3.05) is 6.61 Å². The van der Waals surface area contributed by atoms with E-state index in [2.05, 4.69) is 0 Å². The number of carboxylic acids is 1. The number of carbonyl (C=O) groups is 1. The molecule has 4 nitrogen and oxygen atoms in total. The summed E-state index contributed by atoms with van der Waals surface area (Å²) in [7, 11) is 0. The van der Waals surface area contributed by atoms with E-state index in [-0.39, 0.29) is 17.6 Å². The standard InChI is InChI=1S/C9H15NO3/c10-7-1-2-13-9(5-7)3-6(4-9)8(11)12/h6-7H,1-5,10H2,(H,11,12). The molecule has 0 aromatic heterocycles. The van der Waals surface area contributed by atoms with Crippen LogP contribution < -0.4 is 5.73 Å². The van der Waals surface area contributed by atoms with E-state index in [1.807, 2.05) is 0 Å². The number of nitrogens with two attached hydrogens (primary N) is 1. The lowest BCUT2D eigenvalue weighted by Gasteiger charge is -2.49. The molecule has 3 N–H and O–H groups in total. The summed E-state index contributed by atoms with van der Waals surface area (Å²) in [6.07, 6.45) is 3.03. The normalized spacial score (nSPS) is 44.4. The summed E-state index contributed by atoms with van der Waals surface area (Å²) in [5, 5.41) is 8.73. The predicted molar refractivity (Wildman–Crippen MR) is 46.3 cm³/mol. The molecule has 0 radical (unpaired) electrons. The van der Waals surface area contributed by atoms with E-state index in [0.717, 1.165) is 12.8 Å². The molecule has 0 bridgehead atoms. The molecule has 74 valence electrons. The molecule has 2 fully saturated rings. The van der Waals surface area contributed by atoms with Crippen LogP contribution in [0.1, 0.15) is 25.7 Å². The van der Waals surface area contributed by atoms with Crippen LogP contribution in [0.5, 0.6) is 0 Å². The average molecular weight is 185 g/mol. The van der Waals surface area contributed by atoms with Crippen molar-refractivity contribution in [3.8, 4) is 0 Å². The second-order valence-electron chi connectivity index (χ2n) is 4.23. The van der Waals surface area contributed by atoms with Gasteiger partial charge >= 0.3 is 5.97 Å². The molecule has 4 heteroatoms. The Morgan fingerprint density at radius 2 is 2.15 bits per heavy atom. The van der Waals surface area contributed by atoms with Crippen molar-refractivity contribution in [3.63, 3.8) is 0 Å². The van der Waals surface area contributed by atoms with Crippen molar-refractivity contribution in [1.29, 1.82) is 0 Å². The van der Waals surface area contributed by atoms with Crippen molar-refractivity contribution < 1.29 is 14.6 Å². The van der Waals surface area contributed by atoms with Crippen molar-refractivity contribution >= 4 is 5.97 Å². The Balaban J connectivity index is 1.91. The van der Waals surface area contributed by atoms with Crippen LogP contribution in [-0.2, 0) is 9.53 Å². The summed E-state index contributed by atoms with van der Waals surface area (Å²) in [4.78, 5) is 10.6. The van der Waals surface area contributed by atoms with Gasteiger partial charge in [0.05, 0.1) is 11.5 Å². The van der Waals surface area contributed by atoms with E-state index < -0.39 is 5.97 Å². The largest absolute Gasteiger partial charge is 0.481 e. The maximum Gasteiger partial charge on any atom is 0.306 e. The van der Waals surface area contributed by atoms with E-state index in [4.69, 9.17) is 15.6 Å². The molecule has 1 aliphatic heterocycles. The first-order chi connectivity index (χ1) is 6.11. The first kappa shape index (κ1) is 8.97. The summed E-state index contributed by atoms with van der Waals surface area (Å²) in [6, 6.07) is 0.198. The van der Waals surface area contributed by atoms with Gasteiger partial charge in [-0.25, -0.2) is 0 Å². The van der Waals surface area contributed by atoms with Gasteiger partial charge in [0.25, 0.3) is 0 Å². The zero-order chi connectivity index (χ0) is 9.47. The number of hydrogen-bond acceptors (Lipinski definition) is 3. The second-order valence-corrected chi connectivity index (χ2v) is 4.23. The minimum absolute atomic E-state index is 0.180. The minimum atomic E-state index is -0.701. The molecule has 1 heterocycles. The number of carboxylic acid groups (broad SMARTS) is 1. The number of aliphatic carboxylic acids is 1. The van der Waals surface area contributed by atoms with Gasteiger partial charge in [0.1, 0.15) is 0 Å². The van der Waals surface area contributed by atoms with Crippen molar-refractivity contribution in [2.45, 2.75) is 37.3 Å². The smallest absolute Gasteiger partial charge is 0.306 e. The van der Waals surface area contributed by atoms with Crippen LogP contribution in [0, 0.1) is 5.92 Å². The van der Waals surface area contributed by atoms with Gasteiger partial charge in [-0.1, -0.05) is 0 Å². The number of hydrogen-bond donors (Lipinski definition) is 2. The molecule has 0 aromatic carbocycles. The highest BCUT2D eigenvalue weighted by molar-refractivity contribution is 5.71.